The highest BCUT2D eigenvalue weighted by atomic mass is 16.3. The second-order valence-corrected chi connectivity index (χ2v) is 4.94. The molecule has 0 radical (unpaired) electrons. The molecule has 1 aromatic heterocycles. The third-order valence-corrected chi connectivity index (χ3v) is 3.13. The summed E-state index contributed by atoms with van der Waals surface area (Å²) in [4.78, 5) is 23.8. The monoisotopic (exact) mass is 324 g/mol. The second kappa shape index (κ2) is 7.65. The molecule has 0 unspecified atom stereocenters. The van der Waals surface area contributed by atoms with Crippen LogP contribution in [0.5, 0.6) is 0 Å². The van der Waals surface area contributed by atoms with E-state index in [9.17, 15) is 9.59 Å². The average molecular weight is 324 g/mol. The molecule has 3 N–H and O–H groups in total. The zero-order chi connectivity index (χ0) is 17.5. The third-order valence-electron chi connectivity index (χ3n) is 3.13. The molecule has 0 aliphatic rings. The van der Waals surface area contributed by atoms with Gasteiger partial charge in [-0.25, -0.2) is 0 Å². The molecule has 0 saturated heterocycles. The standard InChI is InChI=1S/C17H16N4O3/c1-11(20-21-17(23)14-7-8-24-12(14)2)9-16(22)19-15-6-4-3-5-13(15)10-18/h3-9,20H,1-2H3,(H,19,22)(H,21,23)/b11-9+. The maximum Gasteiger partial charge on any atom is 0.273 e. The molecule has 0 aliphatic heterocycles. The molecule has 2 aromatic rings. The summed E-state index contributed by atoms with van der Waals surface area (Å²) in [6.45, 7) is 3.30. The van der Waals surface area contributed by atoms with Crippen LogP contribution >= 0.6 is 0 Å². The second-order valence-electron chi connectivity index (χ2n) is 4.94. The first-order chi connectivity index (χ1) is 11.5. The lowest BCUT2D eigenvalue weighted by Crippen LogP contribution is -2.36. The predicted octanol–water partition coefficient (Wildman–Crippen LogP) is 2.24. The Morgan fingerprint density at radius 1 is 1.21 bits per heavy atom. The van der Waals surface area contributed by atoms with Crippen LogP contribution in [0.4, 0.5) is 5.69 Å². The Kier molecular flexibility index (Phi) is 5.36. The number of aryl methyl sites for hydroxylation is 1. The molecule has 24 heavy (non-hydrogen) atoms. The van der Waals surface area contributed by atoms with Gasteiger partial charge >= 0.3 is 0 Å². The lowest BCUT2D eigenvalue weighted by atomic mass is 10.2. The van der Waals surface area contributed by atoms with Gasteiger partial charge in [0.15, 0.2) is 0 Å². The molecule has 0 saturated carbocycles. The summed E-state index contributed by atoms with van der Waals surface area (Å²) in [6.07, 6.45) is 2.70. The highest BCUT2D eigenvalue weighted by Gasteiger charge is 2.11. The summed E-state index contributed by atoms with van der Waals surface area (Å²) in [7, 11) is 0. The fourth-order valence-electron chi connectivity index (χ4n) is 1.93. The molecule has 7 heteroatoms. The Labute approximate surface area is 138 Å². The highest BCUT2D eigenvalue weighted by molar-refractivity contribution is 6.00. The molecule has 0 spiro atoms. The normalized spacial score (nSPS) is 10.6. The molecule has 1 aromatic carbocycles. The van der Waals surface area contributed by atoms with Gasteiger partial charge in [0.05, 0.1) is 23.1 Å². The van der Waals surface area contributed by atoms with Gasteiger partial charge in [-0.05, 0) is 32.0 Å². The van der Waals surface area contributed by atoms with Crippen LogP contribution in [-0.2, 0) is 4.79 Å². The first kappa shape index (κ1) is 16.8. The quantitative estimate of drug-likeness (QED) is 0.577. The van der Waals surface area contributed by atoms with Gasteiger partial charge in [-0.15, -0.1) is 0 Å². The number of nitrogens with one attached hydrogen (secondary N) is 3. The Morgan fingerprint density at radius 2 is 1.96 bits per heavy atom. The molecule has 2 amide bonds. The Hall–Kier alpha value is -3.53. The number of hydrazine groups is 1. The van der Waals surface area contributed by atoms with Crippen LogP contribution in [0.1, 0.15) is 28.6 Å². The minimum Gasteiger partial charge on any atom is -0.469 e. The van der Waals surface area contributed by atoms with Crippen molar-refractivity contribution in [2.45, 2.75) is 13.8 Å². The Morgan fingerprint density at radius 3 is 2.62 bits per heavy atom. The number of allylic oxidation sites excluding steroid dienone is 1. The van der Waals surface area contributed by atoms with Crippen molar-refractivity contribution in [3.8, 4) is 6.07 Å². The number of nitrogens with zero attached hydrogens (tertiary/aromatic N) is 1. The molecular weight excluding hydrogens is 308 g/mol. The van der Waals surface area contributed by atoms with Crippen molar-refractivity contribution in [3.05, 3.63) is 65.3 Å². The summed E-state index contributed by atoms with van der Waals surface area (Å²) < 4.78 is 5.05. The first-order valence-corrected chi connectivity index (χ1v) is 7.10. The fraction of sp³-hybridized carbons (Fsp3) is 0.118. The average Bonchev–Trinajstić information content (AvgIpc) is 2.99. The minimum atomic E-state index is -0.420. The van der Waals surface area contributed by atoms with Gasteiger partial charge in [-0.1, -0.05) is 12.1 Å². The highest BCUT2D eigenvalue weighted by Crippen LogP contribution is 2.13. The minimum absolute atomic E-state index is 0.369. The number of benzene rings is 1. The fourth-order valence-corrected chi connectivity index (χ4v) is 1.93. The van der Waals surface area contributed by atoms with E-state index in [0.29, 0.717) is 28.3 Å². The number of nitriles is 1. The molecule has 0 aliphatic carbocycles. The molecule has 0 atom stereocenters. The number of carbonyl (C=O) groups is 2. The van der Waals surface area contributed by atoms with Crippen LogP contribution in [0.2, 0.25) is 0 Å². The lowest BCUT2D eigenvalue weighted by molar-refractivity contribution is -0.112. The molecule has 122 valence electrons. The smallest absolute Gasteiger partial charge is 0.273 e. The van der Waals surface area contributed by atoms with Crippen LogP contribution in [0.15, 0.2) is 52.8 Å². The molecule has 7 nitrogen and oxygen atoms in total. The van der Waals surface area contributed by atoms with E-state index >= 15 is 0 Å². The van der Waals surface area contributed by atoms with E-state index in [0.717, 1.165) is 0 Å². The van der Waals surface area contributed by atoms with Crippen molar-refractivity contribution in [3.63, 3.8) is 0 Å². The van der Waals surface area contributed by atoms with E-state index in [2.05, 4.69) is 16.2 Å². The van der Waals surface area contributed by atoms with Gasteiger partial charge in [0.2, 0.25) is 5.91 Å². The van der Waals surface area contributed by atoms with Gasteiger partial charge in [0.25, 0.3) is 5.91 Å². The van der Waals surface area contributed by atoms with E-state index in [-0.39, 0.29) is 5.91 Å². The van der Waals surface area contributed by atoms with Crippen molar-refractivity contribution in [2.75, 3.05) is 5.32 Å². The van der Waals surface area contributed by atoms with E-state index in [4.69, 9.17) is 9.68 Å². The van der Waals surface area contributed by atoms with Crippen molar-refractivity contribution >= 4 is 17.5 Å². The number of carbonyl (C=O) groups excluding carboxylic acids is 2. The van der Waals surface area contributed by atoms with Gasteiger partial charge < -0.3 is 15.2 Å². The lowest BCUT2D eigenvalue weighted by Gasteiger charge is -2.09. The molecular formula is C17H16N4O3. The number of para-hydroxylation sites is 1. The van der Waals surface area contributed by atoms with E-state index in [1.807, 2.05) is 6.07 Å². The van der Waals surface area contributed by atoms with Crippen molar-refractivity contribution in [1.29, 1.82) is 5.26 Å². The summed E-state index contributed by atoms with van der Waals surface area (Å²) in [5.74, 6) is -0.289. The Balaban J connectivity index is 1.93. The number of hydrogen-bond acceptors (Lipinski definition) is 5. The van der Waals surface area contributed by atoms with E-state index < -0.39 is 5.91 Å². The SMILES string of the molecule is C/C(=C\C(=O)Nc1ccccc1C#N)NNC(=O)c1ccoc1C. The van der Waals surface area contributed by atoms with Crippen LogP contribution in [0.3, 0.4) is 0 Å². The van der Waals surface area contributed by atoms with Crippen molar-refractivity contribution in [1.82, 2.24) is 10.9 Å². The van der Waals surface area contributed by atoms with Crippen molar-refractivity contribution < 1.29 is 14.0 Å². The molecule has 0 bridgehead atoms. The van der Waals surface area contributed by atoms with Gasteiger partial charge in [0.1, 0.15) is 11.8 Å². The van der Waals surface area contributed by atoms with E-state index in [1.54, 1.807) is 44.2 Å². The topological polar surface area (TPSA) is 107 Å². The van der Waals surface area contributed by atoms with Crippen LogP contribution in [0, 0.1) is 18.3 Å². The number of amides is 2. The molecule has 1 heterocycles. The van der Waals surface area contributed by atoms with Gasteiger partial charge in [-0.2, -0.15) is 5.26 Å². The number of hydrogen-bond donors (Lipinski definition) is 3. The van der Waals surface area contributed by atoms with E-state index in [1.165, 1.54) is 12.3 Å². The summed E-state index contributed by atoms with van der Waals surface area (Å²) in [5.41, 5.74) is 6.73. The number of rotatable bonds is 5. The third kappa shape index (κ3) is 4.24. The largest absolute Gasteiger partial charge is 0.469 e. The van der Waals surface area contributed by atoms with Crippen molar-refractivity contribution in [2.24, 2.45) is 0 Å². The number of furan rings is 1. The first-order valence-electron chi connectivity index (χ1n) is 7.10. The molecule has 2 rings (SSSR count). The zero-order valence-electron chi connectivity index (χ0n) is 13.2. The summed E-state index contributed by atoms with van der Waals surface area (Å²) in [6, 6.07) is 10.2. The maximum absolute atomic E-state index is 12.0. The van der Waals surface area contributed by atoms with Crippen LogP contribution in [-0.4, -0.2) is 11.8 Å². The summed E-state index contributed by atoms with van der Waals surface area (Å²) >= 11 is 0. The van der Waals surface area contributed by atoms with Crippen LogP contribution in [0.25, 0.3) is 0 Å². The summed E-state index contributed by atoms with van der Waals surface area (Å²) in [5, 5.41) is 11.6. The number of anilines is 1. The Bertz CT molecular complexity index is 830. The molecule has 0 fully saturated rings. The predicted molar refractivity (Wildman–Crippen MR) is 87.6 cm³/mol. The maximum atomic E-state index is 12.0. The zero-order valence-corrected chi connectivity index (χ0v) is 13.2. The van der Waals surface area contributed by atoms with Gasteiger partial charge in [-0.3, -0.25) is 15.0 Å². The van der Waals surface area contributed by atoms with Crippen LogP contribution < -0.4 is 16.2 Å². The van der Waals surface area contributed by atoms with Gasteiger partial charge in [0, 0.05) is 11.8 Å².